The molecule has 2 amide bonds. The Labute approximate surface area is 143 Å². The summed E-state index contributed by atoms with van der Waals surface area (Å²) in [5, 5.41) is 2.91. The van der Waals surface area contributed by atoms with Crippen molar-refractivity contribution in [2.75, 3.05) is 36.4 Å². The molecule has 3 aromatic rings. The van der Waals surface area contributed by atoms with Gasteiger partial charge in [0, 0.05) is 37.6 Å². The number of H-pyrrole nitrogens is 1. The molecule has 0 atom stereocenters. The molecule has 1 saturated heterocycles. The maximum absolute atomic E-state index is 12.3. The number of para-hydroxylation sites is 1. The van der Waals surface area contributed by atoms with Crippen molar-refractivity contribution in [3.8, 4) is 0 Å². The van der Waals surface area contributed by atoms with E-state index in [1.165, 1.54) is 0 Å². The molecule has 0 bridgehead atoms. The van der Waals surface area contributed by atoms with Gasteiger partial charge in [0.2, 0.25) is 0 Å². The van der Waals surface area contributed by atoms with E-state index in [2.05, 4.69) is 15.2 Å². The highest BCUT2D eigenvalue weighted by atomic mass is 16.4. The van der Waals surface area contributed by atoms with Crippen molar-refractivity contribution in [1.82, 2.24) is 9.88 Å². The first kappa shape index (κ1) is 15.3. The van der Waals surface area contributed by atoms with Crippen molar-refractivity contribution in [1.29, 1.82) is 0 Å². The second-order valence-corrected chi connectivity index (χ2v) is 5.97. The summed E-state index contributed by atoms with van der Waals surface area (Å²) in [5.41, 5.74) is 3.04. The van der Waals surface area contributed by atoms with Crippen molar-refractivity contribution in [2.24, 2.45) is 0 Å². The number of urea groups is 1. The van der Waals surface area contributed by atoms with Crippen LogP contribution in [0.4, 0.5) is 16.2 Å². The Bertz CT molecular complexity index is 940. The van der Waals surface area contributed by atoms with Crippen LogP contribution in [0.1, 0.15) is 0 Å². The summed E-state index contributed by atoms with van der Waals surface area (Å²) >= 11 is 0. The molecule has 128 valence electrons. The van der Waals surface area contributed by atoms with Gasteiger partial charge in [-0.25, -0.2) is 9.59 Å². The molecule has 2 heterocycles. The van der Waals surface area contributed by atoms with E-state index in [4.69, 9.17) is 4.42 Å². The van der Waals surface area contributed by atoms with Crippen LogP contribution in [0, 0.1) is 0 Å². The van der Waals surface area contributed by atoms with E-state index in [1.807, 2.05) is 47.4 Å². The number of aromatic nitrogens is 1. The van der Waals surface area contributed by atoms with Gasteiger partial charge in [-0.1, -0.05) is 18.2 Å². The minimum atomic E-state index is -0.449. The zero-order valence-corrected chi connectivity index (χ0v) is 13.6. The Balaban J connectivity index is 1.40. The highest BCUT2D eigenvalue weighted by Gasteiger charge is 2.21. The van der Waals surface area contributed by atoms with Gasteiger partial charge in [-0.2, -0.15) is 0 Å². The smallest absolute Gasteiger partial charge is 0.408 e. The molecule has 0 spiro atoms. The number of fused-ring (bicyclic) bond motifs is 1. The first-order valence-corrected chi connectivity index (χ1v) is 8.18. The SMILES string of the molecule is O=C(Nc1ccccc1)N1CCN(c2ccc3oc(=O)[nH]c3c2)CC1. The van der Waals surface area contributed by atoms with Gasteiger partial charge in [0.1, 0.15) is 0 Å². The Kier molecular flexibility index (Phi) is 3.89. The lowest BCUT2D eigenvalue weighted by Crippen LogP contribution is -2.50. The van der Waals surface area contributed by atoms with Gasteiger partial charge < -0.3 is 19.5 Å². The molecule has 0 unspecified atom stereocenters. The summed E-state index contributed by atoms with van der Waals surface area (Å²) in [6.07, 6.45) is 0. The second-order valence-electron chi connectivity index (χ2n) is 5.97. The Morgan fingerprint density at radius 1 is 1.04 bits per heavy atom. The zero-order chi connectivity index (χ0) is 17.2. The molecule has 7 heteroatoms. The van der Waals surface area contributed by atoms with Gasteiger partial charge in [0.15, 0.2) is 5.58 Å². The number of amides is 2. The summed E-state index contributed by atoms with van der Waals surface area (Å²) in [7, 11) is 0. The Morgan fingerprint density at radius 3 is 2.56 bits per heavy atom. The van der Waals surface area contributed by atoms with Gasteiger partial charge >= 0.3 is 11.8 Å². The van der Waals surface area contributed by atoms with Gasteiger partial charge in [-0.15, -0.1) is 0 Å². The van der Waals surface area contributed by atoms with Crippen molar-refractivity contribution in [3.63, 3.8) is 0 Å². The molecule has 7 nitrogen and oxygen atoms in total. The summed E-state index contributed by atoms with van der Waals surface area (Å²) in [6.45, 7) is 2.74. The number of nitrogens with one attached hydrogen (secondary N) is 2. The molecule has 2 N–H and O–H groups in total. The monoisotopic (exact) mass is 338 g/mol. The van der Waals surface area contributed by atoms with E-state index in [-0.39, 0.29) is 6.03 Å². The quantitative estimate of drug-likeness (QED) is 0.752. The number of hydrogen-bond donors (Lipinski definition) is 2. The Morgan fingerprint density at radius 2 is 1.80 bits per heavy atom. The first-order valence-electron chi connectivity index (χ1n) is 8.18. The lowest BCUT2D eigenvalue weighted by molar-refractivity contribution is 0.208. The third kappa shape index (κ3) is 3.21. The number of aromatic amines is 1. The largest absolute Gasteiger partial charge is 0.417 e. The number of carbonyl (C=O) groups is 1. The van der Waals surface area contributed by atoms with E-state index < -0.39 is 5.76 Å². The fraction of sp³-hybridized carbons (Fsp3) is 0.222. The van der Waals surface area contributed by atoms with Crippen LogP contribution in [0.2, 0.25) is 0 Å². The number of rotatable bonds is 2. The Hall–Kier alpha value is -3.22. The highest BCUT2D eigenvalue weighted by molar-refractivity contribution is 5.89. The van der Waals surface area contributed by atoms with Gasteiger partial charge in [-0.05, 0) is 30.3 Å². The van der Waals surface area contributed by atoms with Crippen molar-refractivity contribution >= 4 is 28.5 Å². The maximum Gasteiger partial charge on any atom is 0.417 e. The van der Waals surface area contributed by atoms with Crippen LogP contribution in [-0.4, -0.2) is 42.1 Å². The van der Waals surface area contributed by atoms with Gasteiger partial charge in [-0.3, -0.25) is 4.98 Å². The maximum atomic E-state index is 12.3. The van der Waals surface area contributed by atoms with Crippen molar-refractivity contribution < 1.29 is 9.21 Å². The molecule has 0 aliphatic carbocycles. The molecule has 1 aliphatic heterocycles. The van der Waals surface area contributed by atoms with E-state index in [0.717, 1.165) is 24.5 Å². The van der Waals surface area contributed by atoms with Crippen LogP contribution in [0.15, 0.2) is 57.7 Å². The van der Waals surface area contributed by atoms with Gasteiger partial charge in [0.05, 0.1) is 5.52 Å². The number of nitrogens with zero attached hydrogens (tertiary/aromatic N) is 2. The highest BCUT2D eigenvalue weighted by Crippen LogP contribution is 2.21. The average Bonchev–Trinajstić information content (AvgIpc) is 3.02. The topological polar surface area (TPSA) is 81.6 Å². The molecule has 2 aromatic carbocycles. The van der Waals surface area contributed by atoms with Crippen LogP contribution in [0.25, 0.3) is 11.1 Å². The second kappa shape index (κ2) is 6.35. The fourth-order valence-electron chi connectivity index (χ4n) is 3.03. The lowest BCUT2D eigenvalue weighted by Gasteiger charge is -2.36. The number of piperazine rings is 1. The molecule has 1 aromatic heterocycles. The van der Waals surface area contributed by atoms with Crippen LogP contribution in [-0.2, 0) is 0 Å². The number of benzene rings is 2. The number of oxazole rings is 1. The van der Waals surface area contributed by atoms with E-state index >= 15 is 0 Å². The minimum absolute atomic E-state index is 0.0829. The molecule has 4 rings (SSSR count). The van der Waals surface area contributed by atoms with Crippen LogP contribution >= 0.6 is 0 Å². The third-order valence-electron chi connectivity index (χ3n) is 4.36. The van der Waals surface area contributed by atoms with E-state index in [9.17, 15) is 9.59 Å². The minimum Gasteiger partial charge on any atom is -0.408 e. The third-order valence-corrected chi connectivity index (χ3v) is 4.36. The summed E-state index contributed by atoms with van der Waals surface area (Å²) < 4.78 is 5.02. The molecule has 0 saturated carbocycles. The first-order chi connectivity index (χ1) is 12.2. The molecule has 1 aliphatic rings. The number of hydrogen-bond acceptors (Lipinski definition) is 4. The number of anilines is 2. The van der Waals surface area contributed by atoms with Crippen molar-refractivity contribution in [2.45, 2.75) is 0 Å². The molecule has 1 fully saturated rings. The van der Waals surface area contributed by atoms with Crippen LogP contribution in [0.5, 0.6) is 0 Å². The summed E-state index contributed by atoms with van der Waals surface area (Å²) in [6, 6.07) is 15.0. The zero-order valence-electron chi connectivity index (χ0n) is 13.6. The fourth-order valence-corrected chi connectivity index (χ4v) is 3.03. The van der Waals surface area contributed by atoms with E-state index in [1.54, 1.807) is 6.07 Å². The normalized spacial score (nSPS) is 14.7. The predicted octanol–water partition coefficient (Wildman–Crippen LogP) is 2.48. The van der Waals surface area contributed by atoms with Crippen molar-refractivity contribution in [3.05, 3.63) is 59.1 Å². The molecule has 25 heavy (non-hydrogen) atoms. The van der Waals surface area contributed by atoms with E-state index in [0.29, 0.717) is 24.2 Å². The van der Waals surface area contributed by atoms with Crippen LogP contribution < -0.4 is 16.0 Å². The molecule has 0 radical (unpaired) electrons. The van der Waals surface area contributed by atoms with Crippen LogP contribution in [0.3, 0.4) is 0 Å². The predicted molar refractivity (Wildman–Crippen MR) is 96.1 cm³/mol. The molecular weight excluding hydrogens is 320 g/mol. The summed E-state index contributed by atoms with van der Waals surface area (Å²) in [5.74, 6) is -0.449. The standard InChI is InChI=1S/C18H18N4O3/c23-17(19-13-4-2-1-3-5-13)22-10-8-21(9-11-22)14-6-7-16-15(12-14)20-18(24)25-16/h1-7,12H,8-11H2,(H,19,23)(H,20,24). The van der Waals surface area contributed by atoms with Gasteiger partial charge in [0.25, 0.3) is 0 Å². The number of carbonyl (C=O) groups excluding carboxylic acids is 1. The average molecular weight is 338 g/mol. The summed E-state index contributed by atoms with van der Waals surface area (Å²) in [4.78, 5) is 30.3. The lowest BCUT2D eigenvalue weighted by atomic mass is 10.2. The molecular formula is C18H18N4O3.